The van der Waals surface area contributed by atoms with Gasteiger partial charge in [0.05, 0.1) is 5.88 Å². The molecule has 0 spiro atoms. The summed E-state index contributed by atoms with van der Waals surface area (Å²) in [4.78, 5) is 0. The second kappa shape index (κ2) is 3.68. The average Bonchev–Trinajstić information content (AvgIpc) is 1.68. The van der Waals surface area contributed by atoms with Gasteiger partial charge in [-0.25, -0.2) is 0 Å². The zero-order valence-corrected chi connectivity index (χ0v) is 4.44. The molecule has 0 saturated carbocycles. The number of aliphatic hydroxyl groups is 1. The smallest absolute Gasteiger partial charge is 0.108 e. The Morgan fingerprint density at radius 2 is 2.43 bits per heavy atom. The van der Waals surface area contributed by atoms with E-state index in [1.54, 1.807) is 0 Å². The molecular weight excluding hydrogens is 114 g/mol. The van der Waals surface area contributed by atoms with Crippen molar-refractivity contribution in [1.82, 2.24) is 0 Å². The number of alkyl halides is 1. The van der Waals surface area contributed by atoms with Crippen LogP contribution in [0.4, 0.5) is 0 Å². The lowest BCUT2D eigenvalue weighted by atomic mass is 10.5. The predicted molar refractivity (Wildman–Crippen MR) is 30.2 cm³/mol. The molecule has 40 valence electrons. The minimum atomic E-state index is 0.0247. The van der Waals surface area contributed by atoms with Gasteiger partial charge in [-0.3, -0.25) is 0 Å². The van der Waals surface area contributed by atoms with Crippen LogP contribution < -0.4 is 0 Å². The van der Waals surface area contributed by atoms with E-state index in [1.165, 1.54) is 6.08 Å². The lowest BCUT2D eigenvalue weighted by Crippen LogP contribution is -1.79. The molecule has 0 unspecified atom stereocenters. The quantitative estimate of drug-likeness (QED) is 0.321. The Bertz CT molecular complexity index is 89.7. The van der Waals surface area contributed by atoms with Crippen LogP contribution in [-0.2, 0) is 0 Å². The van der Waals surface area contributed by atoms with Crippen LogP contribution >= 0.6 is 11.6 Å². The van der Waals surface area contributed by atoms with Crippen molar-refractivity contribution < 1.29 is 5.11 Å². The maximum atomic E-state index is 8.44. The van der Waals surface area contributed by atoms with Crippen LogP contribution in [0, 0.1) is 5.41 Å². The molecule has 0 aromatic heterocycles. The number of halogens is 1. The summed E-state index contributed by atoms with van der Waals surface area (Å²) in [5.74, 6) is 0.103. The second-order valence-corrected chi connectivity index (χ2v) is 1.23. The van der Waals surface area contributed by atoms with Gasteiger partial charge in [0.2, 0.25) is 0 Å². The van der Waals surface area contributed by atoms with Gasteiger partial charge >= 0.3 is 0 Å². The van der Waals surface area contributed by atoms with Crippen molar-refractivity contribution in [2.75, 3.05) is 5.88 Å². The molecule has 0 radical (unpaired) electrons. The van der Waals surface area contributed by atoms with E-state index >= 15 is 0 Å². The summed E-state index contributed by atoms with van der Waals surface area (Å²) < 4.78 is 0. The Labute approximate surface area is 46.9 Å². The molecule has 0 aliphatic carbocycles. The molecule has 0 aromatic rings. The van der Waals surface area contributed by atoms with Crippen molar-refractivity contribution >= 4 is 17.8 Å². The number of allylic oxidation sites excluding steroid dienone is 2. The first kappa shape index (κ1) is 6.50. The van der Waals surface area contributed by atoms with Gasteiger partial charge in [-0.05, 0) is 6.08 Å². The molecular formula is C4H6ClNO. The second-order valence-electron chi connectivity index (χ2n) is 0.958. The Morgan fingerprint density at radius 1 is 1.86 bits per heavy atom. The highest BCUT2D eigenvalue weighted by Gasteiger charge is 1.81. The maximum absolute atomic E-state index is 8.44. The molecule has 0 fully saturated rings. The van der Waals surface area contributed by atoms with Crippen LogP contribution in [0.5, 0.6) is 0 Å². The molecule has 2 N–H and O–H groups in total. The van der Waals surface area contributed by atoms with E-state index in [0.29, 0.717) is 0 Å². The average molecular weight is 120 g/mol. The van der Waals surface area contributed by atoms with Gasteiger partial charge in [-0.1, -0.05) is 0 Å². The van der Waals surface area contributed by atoms with Crippen LogP contribution in [0.15, 0.2) is 11.8 Å². The van der Waals surface area contributed by atoms with Gasteiger partial charge in [-0.2, -0.15) is 0 Å². The van der Waals surface area contributed by atoms with Gasteiger partial charge in [-0.15, -0.1) is 11.6 Å². The predicted octanol–water partition coefficient (Wildman–Crippen LogP) is 1.32. The van der Waals surface area contributed by atoms with E-state index in [1.807, 2.05) is 0 Å². The molecule has 0 aromatic carbocycles. The van der Waals surface area contributed by atoms with Crippen LogP contribution in [0.25, 0.3) is 0 Å². The minimum Gasteiger partial charge on any atom is -0.511 e. The summed E-state index contributed by atoms with van der Waals surface area (Å²) in [6.07, 6.45) is 2.21. The van der Waals surface area contributed by atoms with E-state index < -0.39 is 0 Å². The summed E-state index contributed by atoms with van der Waals surface area (Å²) >= 11 is 5.11. The Balaban J connectivity index is 3.49. The maximum Gasteiger partial charge on any atom is 0.108 e. The molecule has 0 bridgehead atoms. The van der Waals surface area contributed by atoms with Crippen molar-refractivity contribution in [3.05, 3.63) is 11.8 Å². The van der Waals surface area contributed by atoms with E-state index in [-0.39, 0.29) is 11.6 Å². The number of aliphatic hydroxyl groups excluding tert-OH is 1. The van der Waals surface area contributed by atoms with E-state index in [2.05, 4.69) is 0 Å². The highest BCUT2D eigenvalue weighted by atomic mass is 35.5. The molecule has 7 heavy (non-hydrogen) atoms. The fraction of sp³-hybridized carbons (Fsp3) is 0.250. The van der Waals surface area contributed by atoms with E-state index in [0.717, 1.165) is 6.21 Å². The third-order valence-electron chi connectivity index (χ3n) is 0.413. The molecule has 0 heterocycles. The number of hydrogen-bond donors (Lipinski definition) is 2. The van der Waals surface area contributed by atoms with Crippen molar-refractivity contribution in [3.63, 3.8) is 0 Å². The van der Waals surface area contributed by atoms with Crippen LogP contribution in [0.1, 0.15) is 0 Å². The SMILES string of the molecule is N=C/C=C(\O)CCl. The lowest BCUT2D eigenvalue weighted by Gasteiger charge is -1.83. The summed E-state index contributed by atoms with van der Waals surface area (Å²) in [6, 6.07) is 0. The van der Waals surface area contributed by atoms with E-state index in [4.69, 9.17) is 22.1 Å². The Morgan fingerprint density at radius 3 is 2.57 bits per heavy atom. The zero-order valence-electron chi connectivity index (χ0n) is 3.69. The monoisotopic (exact) mass is 119 g/mol. The lowest BCUT2D eigenvalue weighted by molar-refractivity contribution is 0.417. The fourth-order valence-electron chi connectivity index (χ4n) is 0.141. The van der Waals surface area contributed by atoms with Gasteiger partial charge in [0.1, 0.15) is 5.76 Å². The summed E-state index contributed by atoms with van der Waals surface area (Å²) in [5.41, 5.74) is 0. The van der Waals surface area contributed by atoms with Gasteiger partial charge < -0.3 is 10.5 Å². The van der Waals surface area contributed by atoms with Crippen molar-refractivity contribution in [2.45, 2.75) is 0 Å². The van der Waals surface area contributed by atoms with Gasteiger partial charge in [0, 0.05) is 6.21 Å². The van der Waals surface area contributed by atoms with Crippen molar-refractivity contribution in [2.24, 2.45) is 0 Å². The standard InChI is InChI=1S/C4H6ClNO/c5-3-4(7)1-2-6/h1-2,6-7H,3H2/b4-1-,6-2?. The zero-order chi connectivity index (χ0) is 5.70. The highest BCUT2D eigenvalue weighted by Crippen LogP contribution is 1.87. The molecule has 0 saturated heterocycles. The van der Waals surface area contributed by atoms with Crippen molar-refractivity contribution in [3.8, 4) is 0 Å². The largest absolute Gasteiger partial charge is 0.511 e. The number of rotatable bonds is 2. The number of hydrogen-bond acceptors (Lipinski definition) is 2. The molecule has 0 atom stereocenters. The summed E-state index contributed by atoms with van der Waals surface area (Å²) in [6.45, 7) is 0. The van der Waals surface area contributed by atoms with Crippen molar-refractivity contribution in [1.29, 1.82) is 5.41 Å². The highest BCUT2D eigenvalue weighted by molar-refractivity contribution is 6.19. The molecule has 2 nitrogen and oxygen atoms in total. The summed E-state index contributed by atoms with van der Waals surface area (Å²) in [5, 5.41) is 14.9. The molecule has 3 heteroatoms. The van der Waals surface area contributed by atoms with E-state index in [9.17, 15) is 0 Å². The van der Waals surface area contributed by atoms with Gasteiger partial charge in [0.25, 0.3) is 0 Å². The first-order chi connectivity index (χ1) is 3.31. The number of nitrogens with one attached hydrogen (secondary N) is 1. The van der Waals surface area contributed by atoms with Crippen LogP contribution in [0.3, 0.4) is 0 Å². The fourth-order valence-corrected chi connectivity index (χ4v) is 0.230. The van der Waals surface area contributed by atoms with Gasteiger partial charge in [0.15, 0.2) is 0 Å². The first-order valence-electron chi connectivity index (χ1n) is 1.76. The normalized spacial score (nSPS) is 11.3. The molecule has 0 aliphatic heterocycles. The third kappa shape index (κ3) is 3.33. The Kier molecular flexibility index (Phi) is 3.42. The molecule has 0 amide bonds. The third-order valence-corrected chi connectivity index (χ3v) is 0.686. The molecule has 0 aliphatic rings. The van der Waals surface area contributed by atoms with Crippen LogP contribution in [0.2, 0.25) is 0 Å². The topological polar surface area (TPSA) is 44.1 Å². The first-order valence-corrected chi connectivity index (χ1v) is 2.29. The minimum absolute atomic E-state index is 0.0247. The Hall–Kier alpha value is -0.500. The molecule has 0 rings (SSSR count). The van der Waals surface area contributed by atoms with Crippen LogP contribution in [-0.4, -0.2) is 17.2 Å². The summed E-state index contributed by atoms with van der Waals surface area (Å²) in [7, 11) is 0.